The van der Waals surface area contributed by atoms with Crippen LogP contribution in [-0.2, 0) is 14.4 Å². The third kappa shape index (κ3) is 2.05. The number of anilines is 1. The molecule has 0 bridgehead atoms. The predicted molar refractivity (Wildman–Crippen MR) is 82.8 cm³/mol. The van der Waals surface area contributed by atoms with E-state index in [1.807, 2.05) is 0 Å². The number of nitrogens with zero attached hydrogens (tertiary/aromatic N) is 2. The Morgan fingerprint density at radius 1 is 1.12 bits per heavy atom. The monoisotopic (exact) mass is 344 g/mol. The quantitative estimate of drug-likeness (QED) is 0.628. The van der Waals surface area contributed by atoms with Crippen LogP contribution in [0.5, 0.6) is 0 Å². The Hall–Kier alpha value is -2.93. The molecule has 0 spiro atoms. The zero-order valence-corrected chi connectivity index (χ0v) is 12.8. The molecule has 120 valence electrons. The summed E-state index contributed by atoms with van der Waals surface area (Å²) in [6.45, 7) is 0. The zero-order valence-electron chi connectivity index (χ0n) is 12.0. The highest BCUT2D eigenvalue weighted by atomic mass is 35.5. The van der Waals surface area contributed by atoms with E-state index in [1.165, 1.54) is 12.3 Å². The van der Waals surface area contributed by atoms with E-state index in [1.54, 1.807) is 30.3 Å². The lowest BCUT2D eigenvalue weighted by Gasteiger charge is -2.15. The number of imide groups is 1. The first-order valence-electron chi connectivity index (χ1n) is 7.03. The molecule has 0 aliphatic carbocycles. The van der Waals surface area contributed by atoms with Crippen molar-refractivity contribution in [3.05, 3.63) is 53.4 Å². The van der Waals surface area contributed by atoms with E-state index in [-0.39, 0.29) is 11.5 Å². The molecule has 2 amide bonds. The standard InChI is InChI=1S/C16H9ClN2O5/c17-8-3-5-9(6-4-8)19-15(21)11-12(18-24-14(11)16(19)22)13(20)10-2-1-7-23-10/h1-7,11,14H/t11-,14-/m1/s1. The summed E-state index contributed by atoms with van der Waals surface area (Å²) in [5.41, 5.74) is 0.224. The number of benzene rings is 1. The summed E-state index contributed by atoms with van der Waals surface area (Å²) < 4.78 is 5.03. The van der Waals surface area contributed by atoms with Crippen molar-refractivity contribution in [2.45, 2.75) is 6.10 Å². The van der Waals surface area contributed by atoms with Gasteiger partial charge in [-0.1, -0.05) is 16.8 Å². The van der Waals surface area contributed by atoms with Crippen LogP contribution in [0.4, 0.5) is 5.69 Å². The first kappa shape index (κ1) is 14.6. The minimum Gasteiger partial charge on any atom is -0.461 e. The molecular weight excluding hydrogens is 336 g/mol. The average Bonchev–Trinajstić information content (AvgIpc) is 3.29. The fourth-order valence-corrected chi connectivity index (χ4v) is 2.87. The predicted octanol–water partition coefficient (Wildman–Crippen LogP) is 2.06. The first-order valence-corrected chi connectivity index (χ1v) is 7.41. The minimum absolute atomic E-state index is 0.0307. The Bertz CT molecular complexity index is 872. The number of ketones is 1. The van der Waals surface area contributed by atoms with Crippen LogP contribution < -0.4 is 4.90 Å². The smallest absolute Gasteiger partial charge is 0.278 e. The second-order valence-electron chi connectivity index (χ2n) is 5.27. The second kappa shape index (κ2) is 5.31. The van der Waals surface area contributed by atoms with E-state index in [4.69, 9.17) is 20.9 Å². The van der Waals surface area contributed by atoms with Gasteiger partial charge in [0.25, 0.3) is 5.91 Å². The third-order valence-corrected chi connectivity index (χ3v) is 4.13. The number of hydrogen-bond acceptors (Lipinski definition) is 6. The van der Waals surface area contributed by atoms with E-state index in [2.05, 4.69) is 5.16 Å². The molecule has 8 heteroatoms. The summed E-state index contributed by atoms with van der Waals surface area (Å²) >= 11 is 5.82. The third-order valence-electron chi connectivity index (χ3n) is 3.87. The second-order valence-corrected chi connectivity index (χ2v) is 5.71. The highest BCUT2D eigenvalue weighted by Crippen LogP contribution is 2.34. The molecule has 7 nitrogen and oxygen atoms in total. The summed E-state index contributed by atoms with van der Waals surface area (Å²) in [5, 5.41) is 4.11. The molecule has 2 atom stereocenters. The molecule has 2 aliphatic rings. The van der Waals surface area contributed by atoms with Gasteiger partial charge in [0.15, 0.2) is 5.76 Å². The van der Waals surface area contributed by atoms with Crippen LogP contribution >= 0.6 is 11.6 Å². The van der Waals surface area contributed by atoms with Crippen LogP contribution in [0, 0.1) is 5.92 Å². The maximum atomic E-state index is 12.7. The number of oxime groups is 1. The van der Waals surface area contributed by atoms with Gasteiger partial charge in [-0.05, 0) is 36.4 Å². The maximum absolute atomic E-state index is 12.7. The number of halogens is 1. The van der Waals surface area contributed by atoms with Crippen LogP contribution in [0.1, 0.15) is 10.6 Å². The molecule has 0 N–H and O–H groups in total. The van der Waals surface area contributed by atoms with Crippen molar-refractivity contribution in [3.8, 4) is 0 Å². The van der Waals surface area contributed by atoms with Gasteiger partial charge in [0.2, 0.25) is 17.8 Å². The number of fused-ring (bicyclic) bond motifs is 1. The number of carbonyl (C=O) groups excluding carboxylic acids is 3. The Morgan fingerprint density at radius 2 is 1.88 bits per heavy atom. The average molecular weight is 345 g/mol. The lowest BCUT2D eigenvalue weighted by molar-refractivity contribution is -0.126. The number of carbonyl (C=O) groups is 3. The molecule has 1 aromatic carbocycles. The minimum atomic E-state index is -1.14. The Morgan fingerprint density at radius 3 is 2.54 bits per heavy atom. The van der Waals surface area contributed by atoms with Gasteiger partial charge in [0.05, 0.1) is 12.0 Å². The van der Waals surface area contributed by atoms with Crippen molar-refractivity contribution in [1.29, 1.82) is 0 Å². The van der Waals surface area contributed by atoms with Crippen molar-refractivity contribution in [2.24, 2.45) is 11.1 Å². The van der Waals surface area contributed by atoms with Crippen LogP contribution in [0.15, 0.2) is 52.2 Å². The van der Waals surface area contributed by atoms with Crippen molar-refractivity contribution >= 4 is 40.6 Å². The number of hydrogen-bond donors (Lipinski definition) is 0. The van der Waals surface area contributed by atoms with Crippen LogP contribution in [-0.4, -0.2) is 29.4 Å². The number of furan rings is 1. The van der Waals surface area contributed by atoms with Gasteiger partial charge in [-0.3, -0.25) is 14.4 Å². The lowest BCUT2D eigenvalue weighted by atomic mass is 9.96. The Labute approximate surface area is 140 Å². The molecule has 2 aromatic rings. The van der Waals surface area contributed by atoms with Crippen LogP contribution in [0.2, 0.25) is 5.02 Å². The number of rotatable bonds is 3. The molecule has 0 unspecified atom stereocenters. The van der Waals surface area contributed by atoms with E-state index >= 15 is 0 Å². The van der Waals surface area contributed by atoms with Crippen molar-refractivity contribution in [2.75, 3.05) is 4.90 Å². The summed E-state index contributed by atoms with van der Waals surface area (Å²) in [6, 6.07) is 9.22. The summed E-state index contributed by atoms with van der Waals surface area (Å²) in [7, 11) is 0. The lowest BCUT2D eigenvalue weighted by Crippen LogP contribution is -2.34. The van der Waals surface area contributed by atoms with Gasteiger partial charge in [-0.25, -0.2) is 4.90 Å². The van der Waals surface area contributed by atoms with E-state index in [0.717, 1.165) is 4.90 Å². The molecule has 3 heterocycles. The largest absolute Gasteiger partial charge is 0.461 e. The Kier molecular flexibility index (Phi) is 3.24. The Balaban J connectivity index is 1.67. The molecule has 1 fully saturated rings. The van der Waals surface area contributed by atoms with Crippen molar-refractivity contribution in [3.63, 3.8) is 0 Å². The molecule has 4 rings (SSSR count). The summed E-state index contributed by atoms with van der Waals surface area (Å²) in [6.07, 6.45) is 0.199. The molecule has 1 aromatic heterocycles. The molecule has 1 saturated heterocycles. The fourth-order valence-electron chi connectivity index (χ4n) is 2.74. The van der Waals surface area contributed by atoms with Crippen molar-refractivity contribution in [1.82, 2.24) is 0 Å². The van der Waals surface area contributed by atoms with Gasteiger partial charge >= 0.3 is 0 Å². The van der Waals surface area contributed by atoms with Gasteiger partial charge < -0.3 is 9.25 Å². The molecule has 24 heavy (non-hydrogen) atoms. The number of amides is 2. The molecule has 0 saturated carbocycles. The first-order chi connectivity index (χ1) is 11.6. The highest BCUT2D eigenvalue weighted by Gasteiger charge is 2.57. The van der Waals surface area contributed by atoms with Gasteiger partial charge in [0.1, 0.15) is 11.6 Å². The van der Waals surface area contributed by atoms with Crippen molar-refractivity contribution < 1.29 is 23.6 Å². The van der Waals surface area contributed by atoms with Gasteiger partial charge in [-0.2, -0.15) is 0 Å². The fraction of sp³-hybridized carbons (Fsp3) is 0.125. The normalized spacial score (nSPS) is 22.4. The number of Topliss-reactive ketones (excluding diaryl/α,β-unsaturated/α-hetero) is 1. The van der Waals surface area contributed by atoms with Crippen LogP contribution in [0.3, 0.4) is 0 Å². The van der Waals surface area contributed by atoms with E-state index in [0.29, 0.717) is 10.7 Å². The molecule has 0 radical (unpaired) electrons. The molecule has 2 aliphatic heterocycles. The summed E-state index contributed by atoms with van der Waals surface area (Å²) in [4.78, 5) is 43.6. The summed E-state index contributed by atoms with van der Waals surface area (Å²) in [5.74, 6) is -2.76. The topological polar surface area (TPSA) is 89.2 Å². The van der Waals surface area contributed by atoms with Gasteiger partial charge in [-0.15, -0.1) is 0 Å². The maximum Gasteiger partial charge on any atom is 0.278 e. The highest BCUT2D eigenvalue weighted by molar-refractivity contribution is 6.52. The molecular formula is C16H9ClN2O5. The van der Waals surface area contributed by atoms with Gasteiger partial charge in [0, 0.05) is 5.02 Å². The van der Waals surface area contributed by atoms with E-state index < -0.39 is 29.6 Å². The zero-order chi connectivity index (χ0) is 16.8. The van der Waals surface area contributed by atoms with Crippen LogP contribution in [0.25, 0.3) is 0 Å². The SMILES string of the molecule is O=C(C1=NO[C@H]2C(=O)N(c3ccc(Cl)cc3)C(=O)[C@H]12)c1ccco1. The van der Waals surface area contributed by atoms with E-state index in [9.17, 15) is 14.4 Å².